The Labute approximate surface area is 155 Å². The Morgan fingerprint density at radius 3 is 1.77 bits per heavy atom. The normalized spacial score (nSPS) is 17.2. The molecule has 4 rings (SSSR count). The molecule has 1 atom stereocenters. The minimum absolute atomic E-state index is 0.217. The van der Waals surface area contributed by atoms with Crippen LogP contribution in [0.2, 0.25) is 0 Å². The topological polar surface area (TPSA) is 21.3 Å². The third-order valence-electron chi connectivity index (χ3n) is 5.59. The van der Waals surface area contributed by atoms with E-state index in [1.807, 2.05) is 0 Å². The smallest absolute Gasteiger partial charge is 0.118 e. The first-order chi connectivity index (χ1) is 12.9. The molecule has 1 N–H and O–H groups in total. The van der Waals surface area contributed by atoms with E-state index in [0.29, 0.717) is 6.04 Å². The van der Waals surface area contributed by atoms with Crippen molar-refractivity contribution in [2.75, 3.05) is 13.7 Å². The summed E-state index contributed by atoms with van der Waals surface area (Å²) < 4.78 is 5.40. The molecule has 1 heterocycles. The molecule has 1 aliphatic heterocycles. The maximum atomic E-state index is 5.40. The van der Waals surface area contributed by atoms with Crippen molar-refractivity contribution in [1.82, 2.24) is 5.32 Å². The zero-order valence-corrected chi connectivity index (χ0v) is 15.2. The predicted molar refractivity (Wildman–Crippen MR) is 107 cm³/mol. The number of rotatable bonds is 5. The average molecular weight is 343 g/mol. The minimum atomic E-state index is -0.217. The van der Waals surface area contributed by atoms with E-state index in [4.69, 9.17) is 4.74 Å². The van der Waals surface area contributed by atoms with Gasteiger partial charge in [-0.05, 0) is 48.2 Å². The van der Waals surface area contributed by atoms with Gasteiger partial charge in [0, 0.05) is 6.04 Å². The van der Waals surface area contributed by atoms with Gasteiger partial charge in [0.1, 0.15) is 5.75 Å². The quantitative estimate of drug-likeness (QED) is 0.673. The van der Waals surface area contributed by atoms with Crippen molar-refractivity contribution < 1.29 is 4.74 Å². The van der Waals surface area contributed by atoms with E-state index in [1.165, 1.54) is 23.1 Å². The summed E-state index contributed by atoms with van der Waals surface area (Å²) in [5.41, 5.74) is 3.74. The van der Waals surface area contributed by atoms with Crippen molar-refractivity contribution in [1.29, 1.82) is 0 Å². The van der Waals surface area contributed by atoms with Crippen LogP contribution in [-0.2, 0) is 5.41 Å². The summed E-state index contributed by atoms with van der Waals surface area (Å²) in [6, 6.07) is 30.8. The molecule has 132 valence electrons. The highest BCUT2D eigenvalue weighted by atomic mass is 16.5. The van der Waals surface area contributed by atoms with Gasteiger partial charge >= 0.3 is 0 Å². The molecule has 0 bridgehead atoms. The molecule has 1 saturated heterocycles. The number of methoxy groups -OCH3 is 1. The van der Waals surface area contributed by atoms with Gasteiger partial charge < -0.3 is 10.1 Å². The van der Waals surface area contributed by atoms with Crippen LogP contribution in [0.4, 0.5) is 0 Å². The zero-order valence-electron chi connectivity index (χ0n) is 15.2. The first-order valence-corrected chi connectivity index (χ1v) is 9.34. The summed E-state index contributed by atoms with van der Waals surface area (Å²) in [5.74, 6) is 0.892. The molecule has 2 nitrogen and oxygen atoms in total. The fraction of sp³-hybridized carbons (Fsp3) is 0.250. The Kier molecular flexibility index (Phi) is 4.77. The highest BCUT2D eigenvalue weighted by Gasteiger charge is 2.44. The molecule has 0 aliphatic carbocycles. The molecule has 0 aromatic heterocycles. The van der Waals surface area contributed by atoms with E-state index in [0.717, 1.165) is 18.7 Å². The molecule has 26 heavy (non-hydrogen) atoms. The molecule has 1 fully saturated rings. The highest BCUT2D eigenvalue weighted by molar-refractivity contribution is 5.53. The van der Waals surface area contributed by atoms with Crippen molar-refractivity contribution in [2.24, 2.45) is 0 Å². The second-order valence-electron chi connectivity index (χ2n) is 6.92. The van der Waals surface area contributed by atoms with Crippen LogP contribution in [0.5, 0.6) is 5.75 Å². The molecule has 3 aromatic carbocycles. The summed E-state index contributed by atoms with van der Waals surface area (Å²) in [6.45, 7) is 1.07. The molecule has 0 amide bonds. The Hall–Kier alpha value is -2.58. The van der Waals surface area contributed by atoms with Gasteiger partial charge in [0.25, 0.3) is 0 Å². The lowest BCUT2D eigenvalue weighted by molar-refractivity contribution is 0.412. The summed E-state index contributed by atoms with van der Waals surface area (Å²) in [4.78, 5) is 0. The maximum Gasteiger partial charge on any atom is 0.118 e. The van der Waals surface area contributed by atoms with Crippen LogP contribution in [-0.4, -0.2) is 19.7 Å². The molecule has 3 aromatic rings. The molecule has 2 heteroatoms. The first kappa shape index (κ1) is 16.9. The third kappa shape index (κ3) is 2.81. The van der Waals surface area contributed by atoms with E-state index in [9.17, 15) is 0 Å². The zero-order chi connectivity index (χ0) is 17.8. The number of nitrogens with one attached hydrogen (secondary N) is 1. The van der Waals surface area contributed by atoms with Gasteiger partial charge in [0.2, 0.25) is 0 Å². The molecule has 0 radical (unpaired) electrons. The van der Waals surface area contributed by atoms with Gasteiger partial charge in [-0.25, -0.2) is 0 Å². The SMILES string of the molecule is COc1ccc(C(c2ccccc2)(c2ccccc2)C2CCCN2)cc1. The Balaban J connectivity index is 1.99. The molecular formula is C24H25NO. The monoisotopic (exact) mass is 343 g/mol. The van der Waals surface area contributed by atoms with Crippen molar-refractivity contribution in [3.05, 3.63) is 102 Å². The van der Waals surface area contributed by atoms with Gasteiger partial charge in [-0.2, -0.15) is 0 Å². The Bertz CT molecular complexity index is 782. The molecule has 0 spiro atoms. The lowest BCUT2D eigenvalue weighted by Crippen LogP contribution is -2.47. The summed E-state index contributed by atoms with van der Waals surface area (Å²) in [5, 5.41) is 3.79. The van der Waals surface area contributed by atoms with Gasteiger partial charge in [0.05, 0.1) is 12.5 Å². The summed E-state index contributed by atoms with van der Waals surface area (Å²) in [7, 11) is 1.72. The number of ether oxygens (including phenoxy) is 1. The van der Waals surface area contributed by atoms with E-state index < -0.39 is 0 Å². The van der Waals surface area contributed by atoms with E-state index >= 15 is 0 Å². The van der Waals surface area contributed by atoms with Crippen LogP contribution in [0.1, 0.15) is 29.5 Å². The van der Waals surface area contributed by atoms with Crippen molar-refractivity contribution >= 4 is 0 Å². The standard InChI is InChI=1S/C24H25NO/c1-26-22-16-14-21(15-17-22)24(23-13-8-18-25-23,19-9-4-2-5-10-19)20-11-6-3-7-12-20/h2-7,9-12,14-17,23,25H,8,13,18H2,1H3. The van der Waals surface area contributed by atoms with Gasteiger partial charge in [-0.1, -0.05) is 72.8 Å². The fourth-order valence-corrected chi connectivity index (χ4v) is 4.41. The van der Waals surface area contributed by atoms with Gasteiger partial charge in [-0.15, -0.1) is 0 Å². The van der Waals surface area contributed by atoms with Gasteiger partial charge in [-0.3, -0.25) is 0 Å². The van der Waals surface area contributed by atoms with Crippen LogP contribution in [0.25, 0.3) is 0 Å². The average Bonchev–Trinajstić information content (AvgIpc) is 3.26. The summed E-state index contributed by atoms with van der Waals surface area (Å²) in [6.07, 6.45) is 2.37. The van der Waals surface area contributed by atoms with Gasteiger partial charge in [0.15, 0.2) is 0 Å². The second-order valence-corrected chi connectivity index (χ2v) is 6.92. The highest BCUT2D eigenvalue weighted by Crippen LogP contribution is 2.44. The number of hydrogen-bond acceptors (Lipinski definition) is 2. The minimum Gasteiger partial charge on any atom is -0.497 e. The third-order valence-corrected chi connectivity index (χ3v) is 5.59. The lowest BCUT2D eigenvalue weighted by Gasteiger charge is -2.41. The van der Waals surface area contributed by atoms with Crippen LogP contribution in [0.3, 0.4) is 0 Å². The van der Waals surface area contributed by atoms with Crippen molar-refractivity contribution in [2.45, 2.75) is 24.3 Å². The molecular weight excluding hydrogens is 318 g/mol. The van der Waals surface area contributed by atoms with E-state index in [2.05, 4.69) is 90.2 Å². The van der Waals surface area contributed by atoms with Crippen molar-refractivity contribution in [3.8, 4) is 5.75 Å². The largest absolute Gasteiger partial charge is 0.497 e. The maximum absolute atomic E-state index is 5.40. The number of benzene rings is 3. The van der Waals surface area contributed by atoms with E-state index in [-0.39, 0.29) is 5.41 Å². The van der Waals surface area contributed by atoms with Crippen molar-refractivity contribution in [3.63, 3.8) is 0 Å². The lowest BCUT2D eigenvalue weighted by atomic mass is 9.64. The van der Waals surface area contributed by atoms with Crippen LogP contribution in [0, 0.1) is 0 Å². The Morgan fingerprint density at radius 2 is 1.31 bits per heavy atom. The molecule has 1 unspecified atom stereocenters. The van der Waals surface area contributed by atoms with Crippen LogP contribution < -0.4 is 10.1 Å². The van der Waals surface area contributed by atoms with Crippen LogP contribution in [0.15, 0.2) is 84.9 Å². The predicted octanol–water partition coefficient (Wildman–Crippen LogP) is 4.78. The second kappa shape index (κ2) is 7.35. The Morgan fingerprint density at radius 1 is 0.769 bits per heavy atom. The first-order valence-electron chi connectivity index (χ1n) is 9.34. The molecule has 0 saturated carbocycles. The summed E-state index contributed by atoms with van der Waals surface area (Å²) >= 11 is 0. The van der Waals surface area contributed by atoms with E-state index in [1.54, 1.807) is 7.11 Å². The number of hydrogen-bond donors (Lipinski definition) is 1. The fourth-order valence-electron chi connectivity index (χ4n) is 4.41. The van der Waals surface area contributed by atoms with Crippen LogP contribution >= 0.6 is 0 Å². The molecule has 1 aliphatic rings.